The Balaban J connectivity index is 1.26. The van der Waals surface area contributed by atoms with E-state index < -0.39 is 11.7 Å². The highest BCUT2D eigenvalue weighted by atomic mass is 19.4. The second-order valence-corrected chi connectivity index (χ2v) is 8.77. The lowest BCUT2D eigenvalue weighted by molar-refractivity contribution is -0.137. The topological polar surface area (TPSA) is 45.2 Å². The Hall–Kier alpha value is -3.87. The van der Waals surface area contributed by atoms with Crippen LogP contribution < -0.4 is 5.32 Å². The van der Waals surface area contributed by atoms with Gasteiger partial charge >= 0.3 is 6.18 Å². The minimum absolute atomic E-state index is 0.0112. The summed E-state index contributed by atoms with van der Waals surface area (Å²) in [5.41, 5.74) is 2.85. The molecular formula is C28H24F3N3O. The minimum atomic E-state index is -4.42. The van der Waals surface area contributed by atoms with Crippen LogP contribution in [0.5, 0.6) is 0 Å². The van der Waals surface area contributed by atoms with Crippen molar-refractivity contribution in [2.45, 2.75) is 24.9 Å². The maximum Gasteiger partial charge on any atom is 0.416 e. The van der Waals surface area contributed by atoms with E-state index in [0.29, 0.717) is 22.6 Å². The molecule has 0 atom stereocenters. The summed E-state index contributed by atoms with van der Waals surface area (Å²) in [6.45, 7) is 1.45. The van der Waals surface area contributed by atoms with E-state index in [2.05, 4.69) is 34.6 Å². The van der Waals surface area contributed by atoms with Gasteiger partial charge in [-0.1, -0.05) is 36.4 Å². The van der Waals surface area contributed by atoms with Crippen molar-refractivity contribution in [1.82, 2.24) is 9.88 Å². The first-order valence-electron chi connectivity index (χ1n) is 11.6. The first-order valence-corrected chi connectivity index (χ1v) is 11.6. The molecule has 2 heterocycles. The SMILES string of the molecule is O=C(c1ccc(Nc2ccnc3cc(C(F)(F)F)ccc23)cc1)N1CCC(c2ccccc2)CC1. The van der Waals surface area contributed by atoms with E-state index in [-0.39, 0.29) is 11.4 Å². The summed E-state index contributed by atoms with van der Waals surface area (Å²) < 4.78 is 39.1. The first-order chi connectivity index (χ1) is 16.9. The lowest BCUT2D eigenvalue weighted by Crippen LogP contribution is -2.37. The van der Waals surface area contributed by atoms with Crippen LogP contribution in [0.15, 0.2) is 85.1 Å². The highest BCUT2D eigenvalue weighted by molar-refractivity contribution is 5.96. The van der Waals surface area contributed by atoms with Gasteiger partial charge in [0.05, 0.1) is 11.1 Å². The number of halogens is 3. The fourth-order valence-electron chi connectivity index (χ4n) is 4.61. The molecule has 1 aliphatic heterocycles. The zero-order chi connectivity index (χ0) is 24.4. The van der Waals surface area contributed by atoms with Crippen molar-refractivity contribution in [3.8, 4) is 0 Å². The summed E-state index contributed by atoms with van der Waals surface area (Å²) in [6, 6.07) is 22.8. The number of piperidine rings is 1. The number of fused-ring (bicyclic) bond motifs is 1. The summed E-state index contributed by atoms with van der Waals surface area (Å²) >= 11 is 0. The second kappa shape index (κ2) is 9.41. The van der Waals surface area contributed by atoms with Crippen LogP contribution in [0.2, 0.25) is 0 Å². The molecule has 1 aliphatic rings. The van der Waals surface area contributed by atoms with Crippen LogP contribution in [0.4, 0.5) is 24.5 Å². The van der Waals surface area contributed by atoms with Gasteiger partial charge in [0, 0.05) is 41.6 Å². The number of hydrogen-bond donors (Lipinski definition) is 1. The van der Waals surface area contributed by atoms with Gasteiger partial charge in [0.2, 0.25) is 0 Å². The van der Waals surface area contributed by atoms with E-state index in [0.717, 1.165) is 43.8 Å². The minimum Gasteiger partial charge on any atom is -0.355 e. The molecule has 1 aromatic heterocycles. The third-order valence-corrected chi connectivity index (χ3v) is 6.53. The number of benzene rings is 3. The molecule has 4 nitrogen and oxygen atoms in total. The number of alkyl halides is 3. The molecule has 0 unspecified atom stereocenters. The number of rotatable bonds is 4. The van der Waals surface area contributed by atoms with Crippen LogP contribution in [0.3, 0.4) is 0 Å². The maximum absolute atomic E-state index is 13.0. The Labute approximate surface area is 201 Å². The number of carbonyl (C=O) groups is 1. The van der Waals surface area contributed by atoms with Crippen LogP contribution in [0, 0.1) is 0 Å². The first kappa shape index (κ1) is 22.9. The molecule has 5 rings (SSSR count). The molecule has 0 radical (unpaired) electrons. The molecule has 7 heteroatoms. The van der Waals surface area contributed by atoms with E-state index in [1.165, 1.54) is 17.8 Å². The van der Waals surface area contributed by atoms with Gasteiger partial charge in [-0.3, -0.25) is 9.78 Å². The van der Waals surface area contributed by atoms with Crippen LogP contribution in [0.1, 0.15) is 40.2 Å². The van der Waals surface area contributed by atoms with Gasteiger partial charge in [0.25, 0.3) is 5.91 Å². The number of aromatic nitrogens is 1. The number of nitrogens with one attached hydrogen (secondary N) is 1. The van der Waals surface area contributed by atoms with Crippen molar-refractivity contribution in [2.24, 2.45) is 0 Å². The summed E-state index contributed by atoms with van der Waals surface area (Å²) in [5.74, 6) is 0.492. The Morgan fingerprint density at radius 2 is 1.63 bits per heavy atom. The summed E-state index contributed by atoms with van der Waals surface area (Å²) in [5, 5.41) is 3.81. The fourth-order valence-corrected chi connectivity index (χ4v) is 4.61. The average Bonchev–Trinajstić information content (AvgIpc) is 2.89. The largest absolute Gasteiger partial charge is 0.416 e. The molecule has 1 amide bonds. The molecule has 178 valence electrons. The number of carbonyl (C=O) groups excluding carboxylic acids is 1. The Morgan fingerprint density at radius 1 is 0.914 bits per heavy atom. The number of likely N-dealkylation sites (tertiary alicyclic amines) is 1. The van der Waals surface area contributed by atoms with Crippen molar-refractivity contribution >= 4 is 28.2 Å². The quantitative estimate of drug-likeness (QED) is 0.345. The molecule has 35 heavy (non-hydrogen) atoms. The highest BCUT2D eigenvalue weighted by Gasteiger charge is 2.30. The fraction of sp³-hybridized carbons (Fsp3) is 0.214. The standard InChI is InChI=1S/C28H24F3N3O/c29-28(30,31)22-8-11-24-25(12-15-32-26(24)18-22)33-23-9-6-21(7-10-23)27(35)34-16-13-20(14-17-34)19-4-2-1-3-5-19/h1-12,15,18,20H,13-14,16-17H2,(H,32,33). The van der Waals surface area contributed by atoms with E-state index in [1.54, 1.807) is 30.3 Å². The zero-order valence-electron chi connectivity index (χ0n) is 18.9. The number of hydrogen-bond acceptors (Lipinski definition) is 3. The summed E-state index contributed by atoms with van der Waals surface area (Å²) in [4.78, 5) is 19.0. The molecule has 4 aromatic rings. The van der Waals surface area contributed by atoms with E-state index in [4.69, 9.17) is 0 Å². The van der Waals surface area contributed by atoms with Gasteiger partial charge < -0.3 is 10.2 Å². The monoisotopic (exact) mass is 475 g/mol. The predicted molar refractivity (Wildman–Crippen MR) is 131 cm³/mol. The van der Waals surface area contributed by atoms with Gasteiger partial charge in [-0.2, -0.15) is 13.2 Å². The summed E-state index contributed by atoms with van der Waals surface area (Å²) in [6.07, 6.45) is -1.05. The second-order valence-electron chi connectivity index (χ2n) is 8.77. The van der Waals surface area contributed by atoms with Crippen LogP contribution in [-0.4, -0.2) is 28.9 Å². The van der Waals surface area contributed by atoms with E-state index >= 15 is 0 Å². The molecule has 0 saturated carbocycles. The number of nitrogens with zero attached hydrogens (tertiary/aromatic N) is 2. The summed E-state index contributed by atoms with van der Waals surface area (Å²) in [7, 11) is 0. The average molecular weight is 476 g/mol. The van der Waals surface area contributed by atoms with Gasteiger partial charge in [0.15, 0.2) is 0 Å². The maximum atomic E-state index is 13.0. The van der Waals surface area contributed by atoms with E-state index in [9.17, 15) is 18.0 Å². The molecule has 1 N–H and O–H groups in total. The molecular weight excluding hydrogens is 451 g/mol. The lowest BCUT2D eigenvalue weighted by atomic mass is 9.89. The third kappa shape index (κ3) is 4.99. The molecule has 1 saturated heterocycles. The van der Waals surface area contributed by atoms with Crippen LogP contribution >= 0.6 is 0 Å². The molecule has 0 aliphatic carbocycles. The Morgan fingerprint density at radius 3 is 2.31 bits per heavy atom. The van der Waals surface area contributed by atoms with Crippen LogP contribution in [-0.2, 0) is 6.18 Å². The van der Waals surface area contributed by atoms with Crippen molar-refractivity contribution < 1.29 is 18.0 Å². The smallest absolute Gasteiger partial charge is 0.355 e. The molecule has 3 aromatic carbocycles. The van der Waals surface area contributed by atoms with Gasteiger partial charge in [0.1, 0.15) is 0 Å². The van der Waals surface area contributed by atoms with Crippen molar-refractivity contribution in [1.29, 1.82) is 0 Å². The predicted octanol–water partition coefficient (Wildman–Crippen LogP) is 7.02. The Bertz CT molecular complexity index is 1330. The van der Waals surface area contributed by atoms with Crippen molar-refractivity contribution in [3.05, 3.63) is 102 Å². The van der Waals surface area contributed by atoms with Crippen molar-refractivity contribution in [2.75, 3.05) is 18.4 Å². The Kier molecular flexibility index (Phi) is 6.16. The van der Waals surface area contributed by atoms with Gasteiger partial charge in [-0.05, 0) is 66.8 Å². The number of amides is 1. The van der Waals surface area contributed by atoms with E-state index in [1.807, 2.05) is 11.0 Å². The molecule has 1 fully saturated rings. The molecule has 0 spiro atoms. The van der Waals surface area contributed by atoms with Gasteiger partial charge in [-0.25, -0.2) is 0 Å². The zero-order valence-corrected chi connectivity index (χ0v) is 18.9. The normalized spacial score (nSPS) is 14.8. The van der Waals surface area contributed by atoms with Gasteiger partial charge in [-0.15, -0.1) is 0 Å². The van der Waals surface area contributed by atoms with Crippen molar-refractivity contribution in [3.63, 3.8) is 0 Å². The number of anilines is 2. The molecule has 0 bridgehead atoms. The third-order valence-electron chi connectivity index (χ3n) is 6.53. The lowest BCUT2D eigenvalue weighted by Gasteiger charge is -2.32. The van der Waals surface area contributed by atoms with Crippen LogP contribution in [0.25, 0.3) is 10.9 Å². The highest BCUT2D eigenvalue weighted by Crippen LogP contribution is 2.33. The number of pyridine rings is 1.